The third-order valence-corrected chi connectivity index (χ3v) is 2.10. The average molecular weight is 197 g/mol. The van der Waals surface area contributed by atoms with Gasteiger partial charge in [0.2, 0.25) is 0 Å². The lowest BCUT2D eigenvalue weighted by molar-refractivity contribution is 0.443. The van der Waals surface area contributed by atoms with Crippen LogP contribution in [-0.4, -0.2) is 6.47 Å². The summed E-state index contributed by atoms with van der Waals surface area (Å²) in [7, 11) is 0. The quantitative estimate of drug-likeness (QED) is 0.756. The molecule has 2 aromatic carbocycles. The molecule has 0 N–H and O–H groups in total. The summed E-state index contributed by atoms with van der Waals surface area (Å²) < 4.78 is 4.66. The van der Waals surface area contributed by atoms with E-state index in [4.69, 9.17) is 0 Å². The standard InChI is InChI=1S/C13H9O2/c14-10-15-13-8-4-7-12(9-13)11-5-2-1-3-6-11/h1-9H. The van der Waals surface area contributed by atoms with Crippen LogP contribution in [-0.2, 0) is 4.79 Å². The Kier molecular flexibility index (Phi) is 2.79. The van der Waals surface area contributed by atoms with Crippen molar-refractivity contribution in [1.29, 1.82) is 0 Å². The summed E-state index contributed by atoms with van der Waals surface area (Å²) in [6.07, 6.45) is 0. The fourth-order valence-corrected chi connectivity index (χ4v) is 1.42. The molecule has 0 amide bonds. The largest absolute Gasteiger partial charge is 0.423 e. The molecule has 15 heavy (non-hydrogen) atoms. The zero-order valence-corrected chi connectivity index (χ0v) is 8.01. The molecule has 2 rings (SSSR count). The molecular formula is C13H9O2. The molecule has 2 nitrogen and oxygen atoms in total. The Balaban J connectivity index is 2.37. The summed E-state index contributed by atoms with van der Waals surface area (Å²) in [6, 6.07) is 17.2. The molecule has 2 heteroatoms. The lowest BCUT2D eigenvalue weighted by Crippen LogP contribution is -1.88. The third kappa shape index (κ3) is 2.23. The first kappa shape index (κ1) is 9.46. The lowest BCUT2D eigenvalue weighted by Gasteiger charge is -2.02. The van der Waals surface area contributed by atoms with E-state index in [1.165, 1.54) is 6.47 Å². The molecule has 0 aliphatic carbocycles. The molecule has 0 bridgehead atoms. The van der Waals surface area contributed by atoms with Crippen molar-refractivity contribution in [2.45, 2.75) is 0 Å². The topological polar surface area (TPSA) is 26.3 Å². The van der Waals surface area contributed by atoms with Gasteiger partial charge in [0.15, 0.2) is 0 Å². The van der Waals surface area contributed by atoms with Gasteiger partial charge in [-0.2, -0.15) is 0 Å². The van der Waals surface area contributed by atoms with Crippen LogP contribution in [0, 0.1) is 0 Å². The van der Waals surface area contributed by atoms with Crippen LogP contribution in [0.4, 0.5) is 0 Å². The Morgan fingerprint density at radius 3 is 2.33 bits per heavy atom. The summed E-state index contributed by atoms with van der Waals surface area (Å²) >= 11 is 0. The average Bonchev–Trinajstić information content (AvgIpc) is 2.31. The van der Waals surface area contributed by atoms with Crippen LogP contribution in [0.3, 0.4) is 0 Å². The van der Waals surface area contributed by atoms with Gasteiger partial charge in [-0.1, -0.05) is 42.5 Å². The highest BCUT2D eigenvalue weighted by atomic mass is 16.5. The molecule has 73 valence electrons. The minimum atomic E-state index is 0.506. The van der Waals surface area contributed by atoms with Crippen LogP contribution in [0.25, 0.3) is 11.1 Å². The highest BCUT2D eigenvalue weighted by Crippen LogP contribution is 2.23. The van der Waals surface area contributed by atoms with Crippen LogP contribution in [0.2, 0.25) is 0 Å². The molecule has 2 aromatic rings. The zero-order chi connectivity index (χ0) is 10.5. The van der Waals surface area contributed by atoms with Crippen LogP contribution >= 0.6 is 0 Å². The van der Waals surface area contributed by atoms with E-state index in [2.05, 4.69) is 4.74 Å². The van der Waals surface area contributed by atoms with Crippen LogP contribution < -0.4 is 4.74 Å². The molecule has 0 unspecified atom stereocenters. The second-order valence-electron chi connectivity index (χ2n) is 3.08. The second-order valence-corrected chi connectivity index (χ2v) is 3.08. The SMILES string of the molecule is O=[C]Oc1cccc(-c2ccccc2)c1. The van der Waals surface area contributed by atoms with Crippen molar-refractivity contribution in [1.82, 2.24) is 0 Å². The van der Waals surface area contributed by atoms with Crippen LogP contribution in [0.5, 0.6) is 5.75 Å². The van der Waals surface area contributed by atoms with E-state index < -0.39 is 0 Å². The highest BCUT2D eigenvalue weighted by Gasteiger charge is 1.98. The number of carbonyl (C=O) groups excluding carboxylic acids is 1. The maximum atomic E-state index is 10.1. The smallest absolute Gasteiger partial charge is 0.418 e. The van der Waals surface area contributed by atoms with Gasteiger partial charge >= 0.3 is 6.47 Å². The fraction of sp³-hybridized carbons (Fsp3) is 0. The molecule has 0 aliphatic heterocycles. The number of ether oxygens (including phenoxy) is 1. The Hall–Kier alpha value is -2.09. The van der Waals surface area contributed by atoms with Gasteiger partial charge in [0.25, 0.3) is 0 Å². The van der Waals surface area contributed by atoms with E-state index in [-0.39, 0.29) is 0 Å². The van der Waals surface area contributed by atoms with Gasteiger partial charge < -0.3 is 4.74 Å². The van der Waals surface area contributed by atoms with E-state index in [1.54, 1.807) is 12.1 Å². The first-order valence-corrected chi connectivity index (χ1v) is 4.59. The van der Waals surface area contributed by atoms with Crippen molar-refractivity contribution >= 4 is 6.47 Å². The maximum absolute atomic E-state index is 10.1. The monoisotopic (exact) mass is 197 g/mol. The fourth-order valence-electron chi connectivity index (χ4n) is 1.42. The number of rotatable bonds is 3. The minimum Gasteiger partial charge on any atom is -0.418 e. The second kappa shape index (κ2) is 4.42. The highest BCUT2D eigenvalue weighted by molar-refractivity contribution is 5.65. The first-order chi connectivity index (χ1) is 7.40. The van der Waals surface area contributed by atoms with Crippen LogP contribution in [0.1, 0.15) is 0 Å². The van der Waals surface area contributed by atoms with E-state index in [0.717, 1.165) is 11.1 Å². The van der Waals surface area contributed by atoms with Gasteiger partial charge in [0.1, 0.15) is 5.75 Å². The number of hydrogen-bond acceptors (Lipinski definition) is 2. The van der Waals surface area contributed by atoms with Crippen molar-refractivity contribution in [3.8, 4) is 16.9 Å². The van der Waals surface area contributed by atoms with E-state index >= 15 is 0 Å². The molecule has 0 saturated carbocycles. The molecule has 0 fully saturated rings. The summed E-state index contributed by atoms with van der Waals surface area (Å²) in [6.45, 7) is 1.41. The van der Waals surface area contributed by atoms with Gasteiger partial charge in [-0.05, 0) is 23.3 Å². The third-order valence-electron chi connectivity index (χ3n) is 2.10. The van der Waals surface area contributed by atoms with Crippen molar-refractivity contribution in [3.05, 3.63) is 54.6 Å². The molecule has 0 aromatic heterocycles. The van der Waals surface area contributed by atoms with Gasteiger partial charge in [-0.25, -0.2) is 4.79 Å². The predicted octanol–water partition coefficient (Wildman–Crippen LogP) is 2.80. The molecule has 0 aliphatic rings. The number of benzene rings is 2. The Bertz CT molecular complexity index is 449. The van der Waals surface area contributed by atoms with Crippen molar-refractivity contribution < 1.29 is 9.53 Å². The zero-order valence-electron chi connectivity index (χ0n) is 8.01. The Morgan fingerprint density at radius 1 is 0.867 bits per heavy atom. The van der Waals surface area contributed by atoms with E-state index in [1.807, 2.05) is 42.5 Å². The number of hydrogen-bond donors (Lipinski definition) is 0. The molecule has 0 atom stereocenters. The van der Waals surface area contributed by atoms with Crippen molar-refractivity contribution in [2.75, 3.05) is 0 Å². The molecule has 0 saturated heterocycles. The summed E-state index contributed by atoms with van der Waals surface area (Å²) in [5.74, 6) is 0.506. The minimum absolute atomic E-state index is 0.506. The van der Waals surface area contributed by atoms with E-state index in [9.17, 15) is 4.79 Å². The molecule has 0 spiro atoms. The summed E-state index contributed by atoms with van der Waals surface area (Å²) in [4.78, 5) is 10.1. The van der Waals surface area contributed by atoms with E-state index in [0.29, 0.717) is 5.75 Å². The first-order valence-electron chi connectivity index (χ1n) is 4.59. The lowest BCUT2D eigenvalue weighted by atomic mass is 10.1. The normalized spacial score (nSPS) is 9.60. The van der Waals surface area contributed by atoms with Gasteiger partial charge in [0.05, 0.1) is 0 Å². The van der Waals surface area contributed by atoms with Crippen LogP contribution in [0.15, 0.2) is 54.6 Å². The maximum Gasteiger partial charge on any atom is 0.423 e. The molecule has 1 radical (unpaired) electrons. The predicted molar refractivity (Wildman–Crippen MR) is 58.2 cm³/mol. The van der Waals surface area contributed by atoms with Gasteiger partial charge in [0, 0.05) is 0 Å². The molecule has 0 heterocycles. The summed E-state index contributed by atoms with van der Waals surface area (Å²) in [5, 5.41) is 0. The molecular weight excluding hydrogens is 188 g/mol. The Labute approximate surface area is 88.1 Å². The Morgan fingerprint density at radius 2 is 1.60 bits per heavy atom. The van der Waals surface area contributed by atoms with Crippen molar-refractivity contribution in [3.63, 3.8) is 0 Å². The van der Waals surface area contributed by atoms with Gasteiger partial charge in [-0.3, -0.25) is 0 Å². The summed E-state index contributed by atoms with van der Waals surface area (Å²) in [5.41, 5.74) is 2.11. The van der Waals surface area contributed by atoms with Crippen molar-refractivity contribution in [2.24, 2.45) is 0 Å². The van der Waals surface area contributed by atoms with Gasteiger partial charge in [-0.15, -0.1) is 0 Å².